The summed E-state index contributed by atoms with van der Waals surface area (Å²) in [5, 5.41) is 3.43. The molecule has 1 nitrogen and oxygen atoms in total. The van der Waals surface area contributed by atoms with Crippen molar-refractivity contribution >= 4 is 0 Å². The maximum absolute atomic E-state index is 4.09. The normalized spacial score (nSPS) is 28.9. The van der Waals surface area contributed by atoms with Crippen LogP contribution in [0.1, 0.15) is 26.7 Å². The zero-order valence-electron chi connectivity index (χ0n) is 6.41. The molecular weight excluding hydrogens is 110 g/mol. The Kier molecular flexibility index (Phi) is 1.71. The Labute approximate surface area is 57.8 Å². The second kappa shape index (κ2) is 2.22. The molecule has 0 amide bonds. The van der Waals surface area contributed by atoms with E-state index in [0.717, 1.165) is 0 Å². The lowest BCUT2D eigenvalue weighted by molar-refractivity contribution is 0.338. The molecule has 0 spiro atoms. The van der Waals surface area contributed by atoms with E-state index >= 15 is 0 Å². The monoisotopic (exact) mass is 126 g/mol. The quantitative estimate of drug-likeness (QED) is 0.526. The molecule has 1 aliphatic rings. The number of hydrogen-bond acceptors (Lipinski definition) is 1. The summed E-state index contributed by atoms with van der Waals surface area (Å²) in [5.74, 6) is 0. The Morgan fingerprint density at radius 1 is 1.56 bits per heavy atom. The first-order valence-electron chi connectivity index (χ1n) is 3.69. The van der Waals surface area contributed by atoms with Gasteiger partial charge in [0.1, 0.15) is 5.41 Å². The van der Waals surface area contributed by atoms with E-state index in [2.05, 4.69) is 26.1 Å². The fraction of sp³-hybridized carbons (Fsp3) is 0.875. The molecule has 1 saturated heterocycles. The minimum Gasteiger partial charge on any atom is -0.310 e. The lowest BCUT2D eigenvalue weighted by Gasteiger charge is -2.19. The van der Waals surface area contributed by atoms with Gasteiger partial charge in [-0.3, -0.25) is 0 Å². The molecule has 1 atom stereocenters. The van der Waals surface area contributed by atoms with Crippen LogP contribution in [0.5, 0.6) is 0 Å². The third-order valence-electron chi connectivity index (χ3n) is 2.00. The van der Waals surface area contributed by atoms with Crippen LogP contribution in [0, 0.1) is 12.3 Å². The van der Waals surface area contributed by atoms with Crippen molar-refractivity contribution in [3.63, 3.8) is 0 Å². The Morgan fingerprint density at radius 3 is 2.44 bits per heavy atom. The molecule has 0 aromatic heterocycles. The molecule has 1 heteroatoms. The van der Waals surface area contributed by atoms with E-state index < -0.39 is 0 Å². The molecule has 1 unspecified atom stereocenters. The summed E-state index contributed by atoms with van der Waals surface area (Å²) in [6.07, 6.45) is 2.63. The SMILES string of the molecule is [CH2+]C(C)(C)C1CCCN1. The highest BCUT2D eigenvalue weighted by atomic mass is 14.9. The third-order valence-corrected chi connectivity index (χ3v) is 2.00. The molecule has 0 aromatic rings. The van der Waals surface area contributed by atoms with Crippen LogP contribution in [0.15, 0.2) is 0 Å². The first kappa shape index (κ1) is 6.94. The van der Waals surface area contributed by atoms with Gasteiger partial charge < -0.3 is 5.32 Å². The second-order valence-electron chi connectivity index (χ2n) is 3.64. The molecule has 0 aliphatic carbocycles. The second-order valence-corrected chi connectivity index (χ2v) is 3.64. The fourth-order valence-electron chi connectivity index (χ4n) is 1.35. The van der Waals surface area contributed by atoms with Gasteiger partial charge in [-0.2, -0.15) is 0 Å². The van der Waals surface area contributed by atoms with Crippen molar-refractivity contribution in [1.82, 2.24) is 5.32 Å². The molecule has 1 fully saturated rings. The Morgan fingerprint density at radius 2 is 2.22 bits per heavy atom. The van der Waals surface area contributed by atoms with E-state index in [-0.39, 0.29) is 5.41 Å². The lowest BCUT2D eigenvalue weighted by atomic mass is 9.86. The lowest BCUT2D eigenvalue weighted by Crippen LogP contribution is -2.34. The minimum atomic E-state index is 0.219. The average molecular weight is 126 g/mol. The van der Waals surface area contributed by atoms with Crippen molar-refractivity contribution in [2.24, 2.45) is 5.41 Å². The van der Waals surface area contributed by atoms with Gasteiger partial charge in [-0.05, 0) is 33.2 Å². The maximum atomic E-state index is 4.09. The molecule has 0 saturated carbocycles. The van der Waals surface area contributed by atoms with E-state index in [1.165, 1.54) is 19.4 Å². The van der Waals surface area contributed by atoms with Gasteiger partial charge in [0.15, 0.2) is 0 Å². The van der Waals surface area contributed by atoms with E-state index in [4.69, 9.17) is 0 Å². The Balaban J connectivity index is 2.42. The summed E-state index contributed by atoms with van der Waals surface area (Å²) in [6.45, 7) is 9.65. The van der Waals surface area contributed by atoms with Gasteiger partial charge in [0.2, 0.25) is 0 Å². The molecule has 0 bridgehead atoms. The number of nitrogens with one attached hydrogen (secondary N) is 1. The van der Waals surface area contributed by atoms with Crippen LogP contribution in [0.25, 0.3) is 0 Å². The summed E-state index contributed by atoms with van der Waals surface area (Å²) >= 11 is 0. The number of hydrogen-bond donors (Lipinski definition) is 1. The van der Waals surface area contributed by atoms with Crippen molar-refractivity contribution in [3.05, 3.63) is 6.92 Å². The van der Waals surface area contributed by atoms with E-state index in [0.29, 0.717) is 6.04 Å². The van der Waals surface area contributed by atoms with Gasteiger partial charge in [-0.15, -0.1) is 0 Å². The van der Waals surface area contributed by atoms with Crippen LogP contribution in [-0.4, -0.2) is 12.6 Å². The van der Waals surface area contributed by atoms with E-state index in [1.54, 1.807) is 0 Å². The summed E-state index contributed by atoms with van der Waals surface area (Å²) in [4.78, 5) is 0. The van der Waals surface area contributed by atoms with Gasteiger partial charge in [0.05, 0.1) is 13.0 Å². The third kappa shape index (κ3) is 1.62. The van der Waals surface area contributed by atoms with Gasteiger partial charge in [-0.1, -0.05) is 0 Å². The molecule has 0 aromatic carbocycles. The topological polar surface area (TPSA) is 12.0 Å². The average Bonchev–Trinajstić information content (AvgIpc) is 2.08. The Hall–Kier alpha value is -0.170. The molecule has 1 rings (SSSR count). The molecule has 9 heavy (non-hydrogen) atoms. The molecule has 1 aliphatic heterocycles. The van der Waals surface area contributed by atoms with Crippen LogP contribution in [0.2, 0.25) is 0 Å². The standard InChI is InChI=1S/C8H16N/c1-8(2,3)7-5-4-6-9-7/h7,9H,1,4-6H2,2-3H3/q+1. The minimum absolute atomic E-state index is 0.219. The van der Waals surface area contributed by atoms with Gasteiger partial charge in [0.25, 0.3) is 0 Å². The predicted molar refractivity (Wildman–Crippen MR) is 40.2 cm³/mol. The highest BCUT2D eigenvalue weighted by Gasteiger charge is 2.32. The van der Waals surface area contributed by atoms with Crippen LogP contribution >= 0.6 is 0 Å². The highest BCUT2D eigenvalue weighted by molar-refractivity contribution is 4.89. The summed E-state index contributed by atoms with van der Waals surface area (Å²) in [7, 11) is 0. The van der Waals surface area contributed by atoms with Gasteiger partial charge >= 0.3 is 0 Å². The van der Waals surface area contributed by atoms with E-state index in [9.17, 15) is 0 Å². The molecular formula is C8H16N+. The van der Waals surface area contributed by atoms with Crippen molar-refractivity contribution < 1.29 is 0 Å². The van der Waals surface area contributed by atoms with Gasteiger partial charge in [-0.25, -0.2) is 0 Å². The molecule has 52 valence electrons. The first-order chi connectivity index (χ1) is 4.11. The highest BCUT2D eigenvalue weighted by Crippen LogP contribution is 2.24. The van der Waals surface area contributed by atoms with Crippen molar-refractivity contribution in [1.29, 1.82) is 0 Å². The van der Waals surface area contributed by atoms with Crippen molar-refractivity contribution in [2.75, 3.05) is 6.54 Å². The Bertz CT molecular complexity index is 85.2. The van der Waals surface area contributed by atoms with Crippen LogP contribution < -0.4 is 5.32 Å². The maximum Gasteiger partial charge on any atom is 0.115 e. The summed E-state index contributed by atoms with van der Waals surface area (Å²) in [5.41, 5.74) is 0.219. The largest absolute Gasteiger partial charge is 0.310 e. The molecule has 0 radical (unpaired) electrons. The predicted octanol–water partition coefficient (Wildman–Crippen LogP) is 1.60. The molecule has 1 heterocycles. The smallest absolute Gasteiger partial charge is 0.115 e. The zero-order valence-corrected chi connectivity index (χ0v) is 6.41. The number of rotatable bonds is 1. The van der Waals surface area contributed by atoms with Gasteiger partial charge in [0, 0.05) is 0 Å². The fourth-order valence-corrected chi connectivity index (χ4v) is 1.35. The zero-order chi connectivity index (χ0) is 6.91. The van der Waals surface area contributed by atoms with Crippen molar-refractivity contribution in [3.8, 4) is 0 Å². The van der Waals surface area contributed by atoms with Crippen LogP contribution in [0.4, 0.5) is 0 Å². The van der Waals surface area contributed by atoms with Crippen LogP contribution in [-0.2, 0) is 0 Å². The van der Waals surface area contributed by atoms with E-state index in [1.807, 2.05) is 0 Å². The molecule has 1 N–H and O–H groups in total. The summed E-state index contributed by atoms with van der Waals surface area (Å²) < 4.78 is 0. The summed E-state index contributed by atoms with van der Waals surface area (Å²) in [6, 6.07) is 0.650. The van der Waals surface area contributed by atoms with Crippen LogP contribution in [0.3, 0.4) is 0 Å². The van der Waals surface area contributed by atoms with Crippen molar-refractivity contribution in [2.45, 2.75) is 32.7 Å². The first-order valence-corrected chi connectivity index (χ1v) is 3.69.